The van der Waals surface area contributed by atoms with Crippen LogP contribution in [0.1, 0.15) is 19.3 Å². The molecular weight excluding hydrogens is 164 g/mol. The second-order valence-electron chi connectivity index (χ2n) is 2.98. The molecule has 0 aliphatic heterocycles. The summed E-state index contributed by atoms with van der Waals surface area (Å²) in [6.45, 7) is 0. The third-order valence-corrected chi connectivity index (χ3v) is 2.57. The van der Waals surface area contributed by atoms with Crippen LogP contribution in [-0.4, -0.2) is 22.3 Å². The van der Waals surface area contributed by atoms with E-state index in [0.717, 1.165) is 6.42 Å². The van der Waals surface area contributed by atoms with E-state index in [1.165, 1.54) is 0 Å². The number of nitro groups is 1. The zero-order valence-corrected chi connectivity index (χ0v) is 7.04. The average molecular weight is 176 g/mol. The van der Waals surface area contributed by atoms with Crippen LogP contribution in [0.5, 0.6) is 0 Å². The van der Waals surface area contributed by atoms with E-state index in [0.29, 0.717) is 12.8 Å². The van der Waals surface area contributed by atoms with Crippen molar-refractivity contribution in [2.45, 2.75) is 36.6 Å². The van der Waals surface area contributed by atoms with Gasteiger partial charge >= 0.3 is 0 Å². The molecule has 5 heteroatoms. The molecule has 0 radical (unpaired) electrons. The number of nitrogens with two attached hydrogens (primary N) is 1. The molecule has 1 fully saturated rings. The third-order valence-electron chi connectivity index (χ3n) is 2.10. The highest BCUT2D eigenvalue weighted by Gasteiger charge is 2.34. The molecule has 3 unspecified atom stereocenters. The SMILES string of the molecule is NC1CC(S)CCC1[N+](=O)[O-]. The van der Waals surface area contributed by atoms with Crippen LogP contribution in [0.2, 0.25) is 0 Å². The summed E-state index contributed by atoms with van der Waals surface area (Å²) in [6.07, 6.45) is 2.04. The van der Waals surface area contributed by atoms with E-state index in [1.54, 1.807) is 0 Å². The van der Waals surface area contributed by atoms with E-state index >= 15 is 0 Å². The highest BCUT2D eigenvalue weighted by atomic mass is 32.1. The first-order valence-electron chi connectivity index (χ1n) is 3.68. The predicted molar refractivity (Wildman–Crippen MR) is 45.4 cm³/mol. The van der Waals surface area contributed by atoms with Crippen LogP contribution < -0.4 is 5.73 Å². The van der Waals surface area contributed by atoms with Crippen LogP contribution in [0.3, 0.4) is 0 Å². The summed E-state index contributed by atoms with van der Waals surface area (Å²) in [7, 11) is 0. The first kappa shape index (κ1) is 8.80. The number of rotatable bonds is 1. The van der Waals surface area contributed by atoms with Gasteiger partial charge in [-0.2, -0.15) is 12.6 Å². The number of thiol groups is 1. The fraction of sp³-hybridized carbons (Fsp3) is 1.00. The molecule has 0 aromatic heterocycles. The largest absolute Gasteiger partial charge is 0.322 e. The molecule has 11 heavy (non-hydrogen) atoms. The summed E-state index contributed by atoms with van der Waals surface area (Å²) in [5.74, 6) is 0. The zero-order chi connectivity index (χ0) is 8.43. The molecule has 3 atom stereocenters. The molecule has 4 nitrogen and oxygen atoms in total. The molecule has 1 rings (SSSR count). The van der Waals surface area contributed by atoms with Crippen LogP contribution in [0, 0.1) is 10.1 Å². The Labute approximate surface area is 70.7 Å². The van der Waals surface area contributed by atoms with Crippen molar-refractivity contribution in [1.82, 2.24) is 0 Å². The molecule has 64 valence electrons. The third kappa shape index (κ3) is 2.07. The molecular formula is C6H12N2O2S. The van der Waals surface area contributed by atoms with Gasteiger partial charge in [0, 0.05) is 16.6 Å². The Bertz CT molecular complexity index is 165. The first-order chi connectivity index (χ1) is 5.11. The lowest BCUT2D eigenvalue weighted by Crippen LogP contribution is -2.45. The zero-order valence-electron chi connectivity index (χ0n) is 6.14. The Morgan fingerprint density at radius 2 is 2.18 bits per heavy atom. The van der Waals surface area contributed by atoms with Gasteiger partial charge in [-0.25, -0.2) is 0 Å². The molecule has 0 bridgehead atoms. The van der Waals surface area contributed by atoms with Gasteiger partial charge in [0.25, 0.3) is 0 Å². The van der Waals surface area contributed by atoms with Crippen LogP contribution >= 0.6 is 12.6 Å². The number of nitrogens with zero attached hydrogens (tertiary/aromatic N) is 1. The molecule has 0 amide bonds. The highest BCUT2D eigenvalue weighted by Crippen LogP contribution is 2.23. The summed E-state index contributed by atoms with van der Waals surface area (Å²) < 4.78 is 0. The van der Waals surface area contributed by atoms with Crippen LogP contribution in [0.4, 0.5) is 0 Å². The minimum atomic E-state index is -0.543. The molecule has 0 heterocycles. The van der Waals surface area contributed by atoms with Crippen molar-refractivity contribution in [2.75, 3.05) is 0 Å². The van der Waals surface area contributed by atoms with Crippen LogP contribution in [0.15, 0.2) is 0 Å². The molecule has 0 saturated heterocycles. The monoisotopic (exact) mass is 176 g/mol. The van der Waals surface area contributed by atoms with Gasteiger partial charge < -0.3 is 5.73 Å². The maximum absolute atomic E-state index is 10.4. The maximum Gasteiger partial charge on any atom is 0.228 e. The summed E-state index contributed by atoms with van der Waals surface area (Å²) in [6, 6.07) is -0.848. The van der Waals surface area contributed by atoms with Crippen molar-refractivity contribution in [3.8, 4) is 0 Å². The van der Waals surface area contributed by atoms with Crippen molar-refractivity contribution >= 4 is 12.6 Å². The van der Waals surface area contributed by atoms with Crippen LogP contribution in [-0.2, 0) is 0 Å². The van der Waals surface area contributed by atoms with E-state index in [2.05, 4.69) is 12.6 Å². The molecule has 0 aromatic rings. The molecule has 0 aromatic carbocycles. The van der Waals surface area contributed by atoms with Crippen molar-refractivity contribution in [3.05, 3.63) is 10.1 Å². The first-order valence-corrected chi connectivity index (χ1v) is 4.20. The van der Waals surface area contributed by atoms with E-state index < -0.39 is 6.04 Å². The van der Waals surface area contributed by atoms with Gasteiger partial charge in [0.1, 0.15) is 0 Å². The van der Waals surface area contributed by atoms with Gasteiger partial charge in [0.05, 0.1) is 6.04 Å². The number of hydrogen-bond acceptors (Lipinski definition) is 4. The average Bonchev–Trinajstić information content (AvgIpc) is 1.85. The predicted octanol–water partition coefficient (Wildman–Crippen LogP) is 0.441. The van der Waals surface area contributed by atoms with Crippen molar-refractivity contribution < 1.29 is 4.92 Å². The molecule has 0 spiro atoms. The second kappa shape index (κ2) is 3.40. The summed E-state index contributed by atoms with van der Waals surface area (Å²) >= 11 is 4.23. The maximum atomic E-state index is 10.4. The van der Waals surface area contributed by atoms with Gasteiger partial charge in [0.2, 0.25) is 6.04 Å². The van der Waals surface area contributed by atoms with E-state index in [9.17, 15) is 10.1 Å². The lowest BCUT2D eigenvalue weighted by molar-refractivity contribution is -0.528. The topological polar surface area (TPSA) is 69.2 Å². The lowest BCUT2D eigenvalue weighted by atomic mass is 9.91. The minimum Gasteiger partial charge on any atom is -0.322 e. The van der Waals surface area contributed by atoms with Crippen LogP contribution in [0.25, 0.3) is 0 Å². The number of hydrogen-bond donors (Lipinski definition) is 2. The fourth-order valence-electron chi connectivity index (χ4n) is 1.43. The standard InChI is InChI=1S/C6H12N2O2S/c7-5-3-4(11)1-2-6(5)8(9)10/h4-6,11H,1-3,7H2. The van der Waals surface area contributed by atoms with Gasteiger partial charge in [-0.1, -0.05) is 0 Å². The summed E-state index contributed by atoms with van der Waals surface area (Å²) in [4.78, 5) is 10.1. The molecule has 2 N–H and O–H groups in total. The second-order valence-corrected chi connectivity index (χ2v) is 3.71. The minimum absolute atomic E-state index is 0.251. The van der Waals surface area contributed by atoms with E-state index in [4.69, 9.17) is 5.73 Å². The van der Waals surface area contributed by atoms with Gasteiger partial charge in [-0.15, -0.1) is 0 Å². The highest BCUT2D eigenvalue weighted by molar-refractivity contribution is 7.80. The Hall–Kier alpha value is -0.290. The van der Waals surface area contributed by atoms with Crippen molar-refractivity contribution in [2.24, 2.45) is 5.73 Å². The van der Waals surface area contributed by atoms with E-state index in [-0.39, 0.29) is 16.2 Å². The van der Waals surface area contributed by atoms with Gasteiger partial charge in [-0.3, -0.25) is 10.1 Å². The van der Waals surface area contributed by atoms with E-state index in [1.807, 2.05) is 0 Å². The van der Waals surface area contributed by atoms with Gasteiger partial charge in [0.15, 0.2) is 0 Å². The summed E-state index contributed by atoms with van der Waals surface area (Å²) in [5.41, 5.74) is 5.58. The molecule has 1 aliphatic rings. The molecule has 1 aliphatic carbocycles. The molecule has 1 saturated carbocycles. The van der Waals surface area contributed by atoms with Crippen molar-refractivity contribution in [1.29, 1.82) is 0 Å². The Morgan fingerprint density at radius 3 is 2.64 bits per heavy atom. The fourth-order valence-corrected chi connectivity index (χ4v) is 1.82. The smallest absolute Gasteiger partial charge is 0.228 e. The van der Waals surface area contributed by atoms with Crippen molar-refractivity contribution in [3.63, 3.8) is 0 Å². The normalized spacial score (nSPS) is 38.5. The lowest BCUT2D eigenvalue weighted by Gasteiger charge is -2.25. The quantitative estimate of drug-likeness (QED) is 0.346. The Morgan fingerprint density at radius 1 is 1.55 bits per heavy atom. The Balaban J connectivity index is 2.50. The Kier molecular flexibility index (Phi) is 2.72. The summed E-state index contributed by atoms with van der Waals surface area (Å²) in [5, 5.41) is 10.6. The van der Waals surface area contributed by atoms with Gasteiger partial charge in [-0.05, 0) is 12.8 Å².